The molecule has 0 aliphatic carbocycles. The van der Waals surface area contributed by atoms with Gasteiger partial charge in [0, 0.05) is 11.2 Å². The summed E-state index contributed by atoms with van der Waals surface area (Å²) in [6.07, 6.45) is 3.26. The number of ether oxygens (including phenoxy) is 1. The first-order valence-electron chi connectivity index (χ1n) is 13.9. The van der Waals surface area contributed by atoms with Gasteiger partial charge in [0.2, 0.25) is 0 Å². The smallest absolute Gasteiger partial charge is 0.0140 e. The van der Waals surface area contributed by atoms with E-state index < -0.39 is 18.4 Å². The fourth-order valence-electron chi connectivity index (χ4n) is 5.55. The molecule has 0 N–H and O–H groups in total. The molecule has 3 aromatic rings. The molecule has 0 spiro atoms. The molecule has 0 bridgehead atoms. The summed E-state index contributed by atoms with van der Waals surface area (Å²) in [6.45, 7) is 17.9. The van der Waals surface area contributed by atoms with Crippen LogP contribution < -0.4 is 9.64 Å². The summed E-state index contributed by atoms with van der Waals surface area (Å²) in [4.78, 5) is 12.8. The third-order valence-corrected chi connectivity index (χ3v) is 9.09. The molecule has 4 rings (SSSR count). The second kappa shape index (κ2) is 14.3. The zero-order chi connectivity index (χ0) is 30.4. The van der Waals surface area contributed by atoms with Crippen LogP contribution in [0.2, 0.25) is 0 Å². The summed E-state index contributed by atoms with van der Waals surface area (Å²) < 4.78 is 7.17. The Labute approximate surface area is 258 Å². The Balaban J connectivity index is 0.000000241. The largest absolute Gasteiger partial charge is 0.517 e. The van der Waals surface area contributed by atoms with Crippen LogP contribution in [-0.2, 0) is 31.8 Å². The van der Waals surface area contributed by atoms with Crippen LogP contribution >= 0.6 is 19.4 Å². The number of aryl methyl sites for hydroxylation is 2. The number of anilines is 1. The van der Waals surface area contributed by atoms with Crippen molar-refractivity contribution < 1.29 is 23.2 Å². The Hall–Kier alpha value is -2.27. The number of nitro benzene ring substituents is 1. The van der Waals surface area contributed by atoms with E-state index in [0.29, 0.717) is 11.3 Å². The maximum atomic E-state index is 10.7. The molecule has 3 aromatic carbocycles. The number of nitrogens with zero attached hydrogens (tertiary/aromatic N) is 2. The van der Waals surface area contributed by atoms with Crippen molar-refractivity contribution in [3.63, 3.8) is 0 Å². The third-order valence-electron chi connectivity index (χ3n) is 7.26. The van der Waals surface area contributed by atoms with E-state index in [1.165, 1.54) is 34.5 Å². The van der Waals surface area contributed by atoms with Gasteiger partial charge in [-0.3, -0.25) is 0 Å². The molecular weight excluding hydrogens is 644 g/mol. The van der Waals surface area contributed by atoms with Gasteiger partial charge in [0.25, 0.3) is 0 Å². The molecule has 0 amide bonds. The molecule has 0 unspecified atom stereocenters. The molecule has 1 fully saturated rings. The van der Waals surface area contributed by atoms with E-state index in [4.69, 9.17) is 24.1 Å². The third kappa shape index (κ3) is 8.40. The maximum absolute atomic E-state index is 10.7. The van der Waals surface area contributed by atoms with Gasteiger partial charge >= 0.3 is 112 Å². The van der Waals surface area contributed by atoms with Crippen LogP contribution in [0.15, 0.2) is 66.7 Å². The van der Waals surface area contributed by atoms with E-state index in [-0.39, 0.29) is 22.7 Å². The predicted octanol–water partition coefficient (Wildman–Crippen LogP) is 9.38. The normalized spacial score (nSPS) is 18.0. The number of halogens is 2. The van der Waals surface area contributed by atoms with Gasteiger partial charge in [-0.15, -0.1) is 5.41 Å². The van der Waals surface area contributed by atoms with Gasteiger partial charge in [0.15, 0.2) is 0 Å². The quantitative estimate of drug-likeness (QED) is 0.103. The van der Waals surface area contributed by atoms with Gasteiger partial charge in [-0.25, -0.2) is 6.54 Å². The van der Waals surface area contributed by atoms with Crippen molar-refractivity contribution in [1.82, 2.24) is 0 Å². The summed E-state index contributed by atoms with van der Waals surface area (Å²) in [5.41, 5.74) is 6.52. The van der Waals surface area contributed by atoms with Crippen molar-refractivity contribution in [3.05, 3.63) is 106 Å². The van der Waals surface area contributed by atoms with E-state index in [2.05, 4.69) is 94.6 Å². The van der Waals surface area contributed by atoms with E-state index >= 15 is 0 Å². The molecule has 1 aliphatic heterocycles. The second-order valence-electron chi connectivity index (χ2n) is 11.4. The molecule has 1 atom stereocenters. The number of hydrogen-bond donors (Lipinski definition) is 0. The van der Waals surface area contributed by atoms with Crippen molar-refractivity contribution in [3.8, 4) is 5.75 Å². The first-order valence-corrected chi connectivity index (χ1v) is 19.4. The van der Waals surface area contributed by atoms with Gasteiger partial charge in [0.05, 0.1) is 0 Å². The molecule has 41 heavy (non-hydrogen) atoms. The number of benzene rings is 3. The Bertz CT molecular complexity index is 1350. The Kier molecular flexibility index (Phi) is 11.6. The van der Waals surface area contributed by atoms with E-state index in [1.807, 2.05) is 13.8 Å². The minimum Gasteiger partial charge on any atom is -0.517 e. The fraction of sp³-hybridized carbons (Fsp3) is 0.394. The molecule has 1 aliphatic rings. The Morgan fingerprint density at radius 2 is 1.63 bits per heavy atom. The number of para-hydroxylation sites is 1. The van der Waals surface area contributed by atoms with Crippen molar-refractivity contribution in [2.24, 2.45) is 0 Å². The van der Waals surface area contributed by atoms with Crippen molar-refractivity contribution in [1.29, 1.82) is 0 Å². The monoisotopic (exact) mass is 685 g/mol. The second-order valence-corrected chi connectivity index (χ2v) is 17.1. The molecule has 0 aromatic heterocycles. The van der Waals surface area contributed by atoms with Gasteiger partial charge in [0.1, 0.15) is 0 Å². The fourth-order valence-corrected chi connectivity index (χ4v) is 7.33. The van der Waals surface area contributed by atoms with Gasteiger partial charge in [-0.2, -0.15) is 0 Å². The van der Waals surface area contributed by atoms with Crippen molar-refractivity contribution in [2.75, 3.05) is 4.90 Å². The summed E-state index contributed by atoms with van der Waals surface area (Å²) in [6, 6.07) is 22.1. The van der Waals surface area contributed by atoms with Crippen LogP contribution in [0.5, 0.6) is 5.75 Å². The predicted molar refractivity (Wildman–Crippen MR) is 170 cm³/mol. The Morgan fingerprint density at radius 1 is 1.02 bits per heavy atom. The molecule has 1 saturated heterocycles. The summed E-state index contributed by atoms with van der Waals surface area (Å²) in [5, 5.41) is 10.7. The average Bonchev–Trinajstić information content (AvgIpc) is 3.18. The number of rotatable bonds is 8. The van der Waals surface area contributed by atoms with Crippen LogP contribution in [-0.4, -0.2) is 21.2 Å². The van der Waals surface area contributed by atoms with E-state index in [0.717, 1.165) is 19.3 Å². The molecular formula is C33H41Cl2N2O3Ru-. The summed E-state index contributed by atoms with van der Waals surface area (Å²) in [7, 11) is 11.6. The van der Waals surface area contributed by atoms with Crippen molar-refractivity contribution >= 4 is 35.4 Å². The maximum Gasteiger partial charge on any atom is 0.0140 e. The van der Waals surface area contributed by atoms with E-state index in [1.54, 1.807) is 10.7 Å². The molecule has 224 valence electrons. The molecule has 8 heteroatoms. The van der Waals surface area contributed by atoms with Gasteiger partial charge in [-0.1, -0.05) is 74.9 Å². The first kappa shape index (κ1) is 33.2. The van der Waals surface area contributed by atoms with Crippen molar-refractivity contribution in [2.45, 2.75) is 84.8 Å². The van der Waals surface area contributed by atoms with Crippen LogP contribution in [0.3, 0.4) is 0 Å². The standard InChI is InChI=1S/C23H30N.C10H11NO3.2ClH.Ru/c1-6-18-12-11-13-19(7-2)21(18)24-17-23(5,16-22(24,3)4)20-14-9-8-10-15-20;1-7(2)14-10-5-4-9(11(12)13)6-8(10)3;;;/h8-15,17H,6-7,16H2,1-5H3;3-7H,1-2H3;2*1H;/q-1;;;;+2/p-2/t23-;;;;/m0..../s1. The minimum absolute atomic E-state index is 0.00360. The number of nitro groups is 1. The molecule has 0 radical (unpaired) electrons. The van der Waals surface area contributed by atoms with Crippen LogP contribution in [0.4, 0.5) is 11.4 Å². The van der Waals surface area contributed by atoms with E-state index in [9.17, 15) is 10.1 Å². The number of hydrogen-bond acceptors (Lipinski definition) is 4. The SMILES string of the molecule is CC(C)Oc1ccc([N+](=O)[O-])cc1[CH]=[Ru]([Cl])[Cl].CCc1cccc(CC)c1N1[CH-][C@@](C)(c2ccccc2)CC1(C)C. The first-order chi connectivity index (χ1) is 19.3. The van der Waals surface area contributed by atoms with Crippen LogP contribution in [0.25, 0.3) is 0 Å². The Morgan fingerprint density at radius 3 is 2.15 bits per heavy atom. The summed E-state index contributed by atoms with van der Waals surface area (Å²) in [5.74, 6) is 0.561. The topological polar surface area (TPSA) is 55.6 Å². The average molecular weight is 686 g/mol. The van der Waals surface area contributed by atoms with Gasteiger partial charge in [-0.05, 0) is 44.2 Å². The molecule has 0 saturated carbocycles. The molecule has 1 heterocycles. The van der Waals surface area contributed by atoms with Crippen LogP contribution in [0, 0.1) is 16.7 Å². The zero-order valence-corrected chi connectivity index (χ0v) is 28.2. The van der Waals surface area contributed by atoms with Crippen LogP contribution in [0.1, 0.15) is 77.1 Å². The minimum atomic E-state index is -2.05. The molecule has 5 nitrogen and oxygen atoms in total. The number of non-ortho nitro benzene ring substituents is 1. The van der Waals surface area contributed by atoms with Gasteiger partial charge < -0.3 is 4.90 Å². The summed E-state index contributed by atoms with van der Waals surface area (Å²) >= 11 is -2.05. The zero-order valence-electron chi connectivity index (χ0n) is 24.9.